The van der Waals surface area contributed by atoms with Gasteiger partial charge in [0.05, 0.1) is 17.8 Å². The van der Waals surface area contributed by atoms with Gasteiger partial charge in [-0.05, 0) is 44.0 Å². The van der Waals surface area contributed by atoms with Crippen molar-refractivity contribution in [2.24, 2.45) is 0 Å². The maximum Gasteiger partial charge on any atom is 0.166 e. The second-order valence-corrected chi connectivity index (χ2v) is 6.20. The summed E-state index contributed by atoms with van der Waals surface area (Å²) in [6.45, 7) is 6.22. The van der Waals surface area contributed by atoms with E-state index in [-0.39, 0.29) is 6.04 Å². The molecular formula is C19H20N6. The summed E-state index contributed by atoms with van der Waals surface area (Å²) in [4.78, 5) is 13.4. The molecule has 0 amide bonds. The Balaban J connectivity index is 1.88. The first kappa shape index (κ1) is 15.5. The highest BCUT2D eigenvalue weighted by atomic mass is 15.3. The van der Waals surface area contributed by atoms with Crippen LogP contribution in [0.25, 0.3) is 17.0 Å². The molecule has 6 nitrogen and oxygen atoms in total. The van der Waals surface area contributed by atoms with E-state index in [1.807, 2.05) is 55.4 Å². The largest absolute Gasteiger partial charge is 0.323 e. The van der Waals surface area contributed by atoms with Crippen LogP contribution in [-0.4, -0.2) is 29.1 Å². The molecule has 0 saturated heterocycles. The third kappa shape index (κ3) is 2.59. The first-order chi connectivity index (χ1) is 12.2. The van der Waals surface area contributed by atoms with Gasteiger partial charge in [0.1, 0.15) is 5.82 Å². The average Bonchev–Trinajstić information content (AvgIpc) is 3.23. The van der Waals surface area contributed by atoms with E-state index >= 15 is 0 Å². The van der Waals surface area contributed by atoms with Gasteiger partial charge >= 0.3 is 0 Å². The third-order valence-corrected chi connectivity index (χ3v) is 4.50. The predicted octanol–water partition coefficient (Wildman–Crippen LogP) is 3.60. The highest BCUT2D eigenvalue weighted by Gasteiger charge is 2.20. The van der Waals surface area contributed by atoms with Crippen LogP contribution >= 0.6 is 0 Å². The summed E-state index contributed by atoms with van der Waals surface area (Å²) in [7, 11) is 0. The van der Waals surface area contributed by atoms with Crippen molar-refractivity contribution in [1.29, 1.82) is 0 Å². The molecule has 4 heterocycles. The van der Waals surface area contributed by atoms with E-state index in [0.717, 1.165) is 34.8 Å². The molecule has 126 valence electrons. The molecule has 0 aliphatic carbocycles. The molecule has 0 bridgehead atoms. The Morgan fingerprint density at radius 2 is 1.92 bits per heavy atom. The molecule has 4 aromatic rings. The average molecular weight is 332 g/mol. The summed E-state index contributed by atoms with van der Waals surface area (Å²) in [6, 6.07) is 6.34. The van der Waals surface area contributed by atoms with Crippen molar-refractivity contribution in [3.05, 3.63) is 66.1 Å². The third-order valence-electron chi connectivity index (χ3n) is 4.50. The van der Waals surface area contributed by atoms with Gasteiger partial charge in [-0.3, -0.25) is 4.98 Å². The number of imidazole rings is 1. The minimum absolute atomic E-state index is 0.196. The van der Waals surface area contributed by atoms with Crippen molar-refractivity contribution >= 4 is 5.65 Å². The molecule has 25 heavy (non-hydrogen) atoms. The minimum Gasteiger partial charge on any atom is -0.323 e. The van der Waals surface area contributed by atoms with E-state index in [4.69, 9.17) is 0 Å². The lowest BCUT2D eigenvalue weighted by molar-refractivity contribution is 0.571. The number of aromatic nitrogens is 6. The number of aryl methyl sites for hydroxylation is 2. The Morgan fingerprint density at radius 3 is 2.68 bits per heavy atom. The molecular weight excluding hydrogens is 312 g/mol. The van der Waals surface area contributed by atoms with Gasteiger partial charge in [0.25, 0.3) is 0 Å². The van der Waals surface area contributed by atoms with Crippen LogP contribution in [-0.2, 0) is 0 Å². The summed E-state index contributed by atoms with van der Waals surface area (Å²) in [5, 5.41) is 4.51. The first-order valence-electron chi connectivity index (χ1n) is 8.44. The molecule has 0 saturated carbocycles. The first-order valence-corrected chi connectivity index (χ1v) is 8.44. The summed E-state index contributed by atoms with van der Waals surface area (Å²) in [5.41, 5.74) is 5.05. The predicted molar refractivity (Wildman–Crippen MR) is 96.3 cm³/mol. The fourth-order valence-electron chi connectivity index (χ4n) is 3.38. The van der Waals surface area contributed by atoms with Gasteiger partial charge in [-0.25, -0.2) is 14.5 Å². The van der Waals surface area contributed by atoms with Crippen LogP contribution < -0.4 is 0 Å². The highest BCUT2D eigenvalue weighted by molar-refractivity contribution is 5.73. The van der Waals surface area contributed by atoms with Gasteiger partial charge in [-0.1, -0.05) is 6.92 Å². The molecule has 1 atom stereocenters. The lowest BCUT2D eigenvalue weighted by Gasteiger charge is -2.19. The van der Waals surface area contributed by atoms with Crippen LogP contribution in [0, 0.1) is 13.8 Å². The standard InChI is InChI=1S/C19H20N6/c1-4-17(15-5-7-20-8-6-15)24-10-9-21-18(24)16-12-22-25-14(3)11-13(2)23-19(16)25/h5-12,17H,4H2,1-3H3. The Morgan fingerprint density at radius 1 is 1.12 bits per heavy atom. The molecule has 0 radical (unpaired) electrons. The van der Waals surface area contributed by atoms with Gasteiger partial charge in [-0.2, -0.15) is 5.10 Å². The fourth-order valence-corrected chi connectivity index (χ4v) is 3.38. The number of rotatable bonds is 4. The summed E-state index contributed by atoms with van der Waals surface area (Å²) in [6.07, 6.45) is 10.3. The molecule has 0 aromatic carbocycles. The highest BCUT2D eigenvalue weighted by Crippen LogP contribution is 2.29. The summed E-state index contributed by atoms with van der Waals surface area (Å²) in [5.74, 6) is 0.885. The number of nitrogens with zero attached hydrogens (tertiary/aromatic N) is 6. The van der Waals surface area contributed by atoms with Crippen LogP contribution in [0.4, 0.5) is 0 Å². The van der Waals surface area contributed by atoms with Crippen molar-refractivity contribution in [2.45, 2.75) is 33.2 Å². The number of pyridine rings is 1. The van der Waals surface area contributed by atoms with Gasteiger partial charge < -0.3 is 4.57 Å². The van der Waals surface area contributed by atoms with Crippen molar-refractivity contribution in [3.63, 3.8) is 0 Å². The van der Waals surface area contributed by atoms with Gasteiger partial charge in [0, 0.05) is 36.2 Å². The van der Waals surface area contributed by atoms with Gasteiger partial charge in [0.2, 0.25) is 0 Å². The zero-order chi connectivity index (χ0) is 17.4. The minimum atomic E-state index is 0.196. The van der Waals surface area contributed by atoms with Crippen molar-refractivity contribution in [2.75, 3.05) is 0 Å². The van der Waals surface area contributed by atoms with E-state index in [0.29, 0.717) is 0 Å². The van der Waals surface area contributed by atoms with Crippen molar-refractivity contribution < 1.29 is 0 Å². The Bertz CT molecular complexity index is 1020. The smallest absolute Gasteiger partial charge is 0.166 e. The Kier molecular flexibility index (Phi) is 3.80. The van der Waals surface area contributed by atoms with Crippen molar-refractivity contribution in [1.82, 2.24) is 29.1 Å². The van der Waals surface area contributed by atoms with Crippen molar-refractivity contribution in [3.8, 4) is 11.4 Å². The van der Waals surface area contributed by atoms with Crippen LogP contribution in [0.5, 0.6) is 0 Å². The number of hydrogen-bond donors (Lipinski definition) is 0. The molecule has 0 spiro atoms. The van der Waals surface area contributed by atoms with E-state index in [1.165, 1.54) is 5.56 Å². The number of hydrogen-bond acceptors (Lipinski definition) is 4. The maximum absolute atomic E-state index is 4.69. The number of fused-ring (bicyclic) bond motifs is 1. The van der Waals surface area contributed by atoms with E-state index < -0.39 is 0 Å². The van der Waals surface area contributed by atoms with E-state index in [2.05, 4.69) is 43.7 Å². The lowest BCUT2D eigenvalue weighted by atomic mass is 10.1. The van der Waals surface area contributed by atoms with Gasteiger partial charge in [-0.15, -0.1) is 0 Å². The second-order valence-electron chi connectivity index (χ2n) is 6.20. The lowest BCUT2D eigenvalue weighted by Crippen LogP contribution is -2.10. The summed E-state index contributed by atoms with van der Waals surface area (Å²) >= 11 is 0. The van der Waals surface area contributed by atoms with Crippen LogP contribution in [0.3, 0.4) is 0 Å². The Hall–Kier alpha value is -3.02. The molecule has 4 aromatic heterocycles. The molecule has 0 N–H and O–H groups in total. The maximum atomic E-state index is 4.69. The van der Waals surface area contributed by atoms with E-state index in [1.54, 1.807) is 0 Å². The summed E-state index contributed by atoms with van der Waals surface area (Å²) < 4.78 is 4.07. The Labute approximate surface area is 146 Å². The van der Waals surface area contributed by atoms with Gasteiger partial charge in [0.15, 0.2) is 5.65 Å². The zero-order valence-electron chi connectivity index (χ0n) is 14.6. The normalized spacial score (nSPS) is 12.6. The topological polar surface area (TPSA) is 60.9 Å². The quantitative estimate of drug-likeness (QED) is 0.573. The SMILES string of the molecule is CCC(c1ccncc1)n1ccnc1-c1cnn2c(C)cc(C)nc12. The molecule has 0 aliphatic heterocycles. The van der Waals surface area contributed by atoms with Crippen LogP contribution in [0.15, 0.2) is 49.2 Å². The van der Waals surface area contributed by atoms with Crippen LogP contribution in [0.2, 0.25) is 0 Å². The zero-order valence-corrected chi connectivity index (χ0v) is 14.6. The monoisotopic (exact) mass is 332 g/mol. The molecule has 6 heteroatoms. The fraction of sp³-hybridized carbons (Fsp3) is 0.263. The molecule has 4 rings (SSSR count). The molecule has 0 fully saturated rings. The molecule has 1 unspecified atom stereocenters. The van der Waals surface area contributed by atoms with Crippen LogP contribution in [0.1, 0.15) is 36.3 Å². The second kappa shape index (κ2) is 6.12. The molecule has 0 aliphatic rings. The van der Waals surface area contributed by atoms with E-state index in [9.17, 15) is 0 Å².